The van der Waals surface area contributed by atoms with Crippen molar-refractivity contribution in [3.8, 4) is 0 Å². The van der Waals surface area contributed by atoms with Crippen LogP contribution in [0.2, 0.25) is 0 Å². The summed E-state index contributed by atoms with van der Waals surface area (Å²) in [5.74, 6) is 1.16. The van der Waals surface area contributed by atoms with E-state index in [4.69, 9.17) is 0 Å². The van der Waals surface area contributed by atoms with Crippen molar-refractivity contribution in [2.75, 3.05) is 0 Å². The van der Waals surface area contributed by atoms with E-state index in [9.17, 15) is 0 Å². The monoisotopic (exact) mass is 202 g/mol. The van der Waals surface area contributed by atoms with Gasteiger partial charge in [0.15, 0.2) is 11.6 Å². The van der Waals surface area contributed by atoms with Crippen LogP contribution in [0.3, 0.4) is 0 Å². The van der Waals surface area contributed by atoms with Crippen LogP contribution in [0.15, 0.2) is 59.0 Å². The highest BCUT2D eigenvalue weighted by Crippen LogP contribution is 2.11. The second-order valence-electron chi connectivity index (χ2n) is 2.58. The summed E-state index contributed by atoms with van der Waals surface area (Å²) in [6, 6.07) is 11.0. The molecule has 0 fully saturated rings. The van der Waals surface area contributed by atoms with E-state index >= 15 is 0 Å². The number of hydrogen-bond donors (Lipinski definition) is 0. The topological polar surface area (TPSA) is 82.0 Å². The Morgan fingerprint density at radius 2 is 1.20 bits per heavy atom. The zero-order valence-electron chi connectivity index (χ0n) is 7.91. The third-order valence-corrected chi connectivity index (χ3v) is 1.55. The summed E-state index contributed by atoms with van der Waals surface area (Å²) >= 11 is 0. The van der Waals surface area contributed by atoms with Crippen molar-refractivity contribution < 1.29 is 5.48 Å². The van der Waals surface area contributed by atoms with Crippen LogP contribution in [-0.4, -0.2) is 15.4 Å². The maximum absolute atomic E-state index is 4.01. The van der Waals surface area contributed by atoms with E-state index in [2.05, 4.69) is 20.2 Å². The molecule has 0 aromatic carbocycles. The summed E-state index contributed by atoms with van der Waals surface area (Å²) < 4.78 is 0. The quantitative estimate of drug-likeness (QED) is 0.698. The van der Waals surface area contributed by atoms with Crippen molar-refractivity contribution >= 4 is 11.6 Å². The van der Waals surface area contributed by atoms with Crippen LogP contribution in [0.25, 0.3) is 0 Å². The minimum absolute atomic E-state index is 0. The molecule has 0 saturated heterocycles. The summed E-state index contributed by atoms with van der Waals surface area (Å²) in [6.07, 6.45) is 3.35. The molecule has 15 heavy (non-hydrogen) atoms. The van der Waals surface area contributed by atoms with Crippen molar-refractivity contribution in [3.63, 3.8) is 0 Å². The molecule has 2 rings (SSSR count). The Morgan fingerprint density at radius 3 is 1.53 bits per heavy atom. The Hall–Kier alpha value is -2.14. The van der Waals surface area contributed by atoms with E-state index in [1.807, 2.05) is 24.3 Å². The van der Waals surface area contributed by atoms with Gasteiger partial charge in [-0.2, -0.15) is 0 Å². The molecule has 5 heteroatoms. The minimum atomic E-state index is 0. The van der Waals surface area contributed by atoms with Gasteiger partial charge in [-0.05, 0) is 24.3 Å². The summed E-state index contributed by atoms with van der Waals surface area (Å²) in [5.41, 5.74) is 0. The second kappa shape index (κ2) is 5.56. The van der Waals surface area contributed by atoms with E-state index in [1.54, 1.807) is 24.5 Å². The highest BCUT2D eigenvalue weighted by atomic mass is 16.0. The van der Waals surface area contributed by atoms with Crippen LogP contribution >= 0.6 is 0 Å². The number of nitrogens with zero attached hydrogens (tertiary/aromatic N) is 4. The SMILES string of the molecule is O.c1ccc(N=Nc2ccccn2)nc1. The fourth-order valence-corrected chi connectivity index (χ4v) is 0.928. The van der Waals surface area contributed by atoms with E-state index < -0.39 is 0 Å². The van der Waals surface area contributed by atoms with E-state index in [0.717, 1.165) is 0 Å². The number of rotatable bonds is 2. The van der Waals surface area contributed by atoms with Crippen molar-refractivity contribution in [3.05, 3.63) is 48.8 Å². The average molecular weight is 202 g/mol. The predicted octanol–water partition coefficient (Wildman–Crippen LogP) is 2.07. The predicted molar refractivity (Wildman–Crippen MR) is 56.3 cm³/mol. The first-order chi connectivity index (χ1) is 6.95. The molecule has 0 bridgehead atoms. The van der Waals surface area contributed by atoms with Crippen LogP contribution in [0, 0.1) is 0 Å². The Bertz CT molecular complexity index is 374. The molecule has 2 heterocycles. The highest BCUT2D eigenvalue weighted by molar-refractivity contribution is 5.28. The third-order valence-electron chi connectivity index (χ3n) is 1.55. The van der Waals surface area contributed by atoms with Crippen LogP contribution < -0.4 is 0 Å². The molecular weight excluding hydrogens is 192 g/mol. The molecule has 0 aliphatic rings. The van der Waals surface area contributed by atoms with Crippen LogP contribution in [-0.2, 0) is 0 Å². The van der Waals surface area contributed by atoms with Crippen molar-refractivity contribution in [1.82, 2.24) is 9.97 Å². The zero-order chi connectivity index (χ0) is 9.64. The van der Waals surface area contributed by atoms with E-state index in [1.165, 1.54) is 0 Å². The normalized spacial score (nSPS) is 9.87. The largest absolute Gasteiger partial charge is 0.412 e. The first-order valence-electron chi connectivity index (χ1n) is 4.19. The molecule has 0 aliphatic heterocycles. The standard InChI is InChI=1S/C10H8N4.H2O/c1-3-7-11-9(5-1)13-14-10-6-2-4-8-12-10;/h1-8H;1H2. The molecule has 0 spiro atoms. The Morgan fingerprint density at radius 1 is 0.733 bits per heavy atom. The van der Waals surface area contributed by atoms with Crippen LogP contribution in [0.4, 0.5) is 11.6 Å². The summed E-state index contributed by atoms with van der Waals surface area (Å²) in [6.45, 7) is 0. The smallest absolute Gasteiger partial charge is 0.174 e. The summed E-state index contributed by atoms with van der Waals surface area (Å²) in [5, 5.41) is 7.86. The fourth-order valence-electron chi connectivity index (χ4n) is 0.928. The van der Waals surface area contributed by atoms with Gasteiger partial charge in [-0.25, -0.2) is 9.97 Å². The lowest BCUT2D eigenvalue weighted by Crippen LogP contribution is -1.71. The molecule has 0 aliphatic carbocycles. The number of hydrogen-bond acceptors (Lipinski definition) is 4. The van der Waals surface area contributed by atoms with E-state index in [0.29, 0.717) is 11.6 Å². The number of azo groups is 1. The molecule has 0 amide bonds. The fraction of sp³-hybridized carbons (Fsp3) is 0. The maximum Gasteiger partial charge on any atom is 0.174 e. The lowest BCUT2D eigenvalue weighted by Gasteiger charge is -1.89. The van der Waals surface area contributed by atoms with Crippen molar-refractivity contribution in [2.24, 2.45) is 10.2 Å². The second-order valence-corrected chi connectivity index (χ2v) is 2.58. The van der Waals surface area contributed by atoms with E-state index in [-0.39, 0.29) is 5.48 Å². The Balaban J connectivity index is 0.00000112. The summed E-state index contributed by atoms with van der Waals surface area (Å²) in [7, 11) is 0. The van der Waals surface area contributed by atoms with Gasteiger partial charge in [0.2, 0.25) is 0 Å². The lowest BCUT2D eigenvalue weighted by molar-refractivity contribution is 0.824. The van der Waals surface area contributed by atoms with Gasteiger partial charge < -0.3 is 5.48 Å². The first-order valence-corrected chi connectivity index (χ1v) is 4.19. The highest BCUT2D eigenvalue weighted by Gasteiger charge is 1.88. The maximum atomic E-state index is 4.01. The zero-order valence-corrected chi connectivity index (χ0v) is 7.91. The molecule has 2 aromatic rings. The molecule has 5 nitrogen and oxygen atoms in total. The van der Waals surface area contributed by atoms with Gasteiger partial charge >= 0.3 is 0 Å². The van der Waals surface area contributed by atoms with Gasteiger partial charge in [-0.15, -0.1) is 10.2 Å². The van der Waals surface area contributed by atoms with Crippen LogP contribution in [0.5, 0.6) is 0 Å². The Labute approximate surface area is 86.9 Å². The molecule has 0 radical (unpaired) electrons. The minimum Gasteiger partial charge on any atom is -0.412 e. The molecular formula is C10H10N4O. The van der Waals surface area contributed by atoms with Crippen LogP contribution in [0.1, 0.15) is 0 Å². The average Bonchev–Trinajstić information content (AvgIpc) is 2.29. The molecule has 2 N–H and O–H groups in total. The first kappa shape index (κ1) is 10.9. The lowest BCUT2D eigenvalue weighted by atomic mass is 10.5. The molecule has 76 valence electrons. The van der Waals surface area contributed by atoms with Gasteiger partial charge in [0.1, 0.15) is 0 Å². The number of pyridine rings is 2. The van der Waals surface area contributed by atoms with Crippen molar-refractivity contribution in [1.29, 1.82) is 0 Å². The van der Waals surface area contributed by atoms with Gasteiger partial charge in [0.05, 0.1) is 0 Å². The Kier molecular flexibility index (Phi) is 4.05. The summed E-state index contributed by atoms with van der Waals surface area (Å²) in [4.78, 5) is 8.01. The van der Waals surface area contributed by atoms with Gasteiger partial charge in [0, 0.05) is 12.4 Å². The van der Waals surface area contributed by atoms with Gasteiger partial charge in [-0.3, -0.25) is 0 Å². The molecule has 2 aromatic heterocycles. The van der Waals surface area contributed by atoms with Crippen molar-refractivity contribution in [2.45, 2.75) is 0 Å². The molecule has 0 unspecified atom stereocenters. The molecule has 0 atom stereocenters. The number of aromatic nitrogens is 2. The van der Waals surface area contributed by atoms with Gasteiger partial charge in [0.25, 0.3) is 0 Å². The van der Waals surface area contributed by atoms with Gasteiger partial charge in [-0.1, -0.05) is 12.1 Å². The third kappa shape index (κ3) is 3.24. The molecule has 0 saturated carbocycles.